The molecular weight excluding hydrogens is 320 g/mol. The summed E-state index contributed by atoms with van der Waals surface area (Å²) in [6.45, 7) is 2.30. The van der Waals surface area contributed by atoms with Crippen LogP contribution in [-0.2, 0) is 14.8 Å². The van der Waals surface area contributed by atoms with Crippen molar-refractivity contribution in [1.82, 2.24) is 9.71 Å². The van der Waals surface area contributed by atoms with Gasteiger partial charge in [0, 0.05) is 6.54 Å². The van der Waals surface area contributed by atoms with Gasteiger partial charge in [-0.25, -0.2) is 18.1 Å². The fourth-order valence-corrected chi connectivity index (χ4v) is 5.09. The smallest absolute Gasteiger partial charge is 0.252 e. The number of ether oxygens (including phenoxy) is 1. The first-order valence-electron chi connectivity index (χ1n) is 6.73. The molecule has 1 aromatic heterocycles. The first kappa shape index (κ1) is 16.2. The lowest BCUT2D eigenvalue weighted by atomic mass is 9.98. The van der Waals surface area contributed by atoms with Crippen LogP contribution in [0.5, 0.6) is 0 Å². The van der Waals surface area contributed by atoms with Gasteiger partial charge in [-0.05, 0) is 19.8 Å². The van der Waals surface area contributed by atoms with Crippen LogP contribution in [0.15, 0.2) is 4.21 Å². The van der Waals surface area contributed by atoms with Gasteiger partial charge in [0.05, 0.1) is 18.4 Å². The van der Waals surface area contributed by atoms with Crippen molar-refractivity contribution in [2.45, 2.75) is 49.3 Å². The summed E-state index contributed by atoms with van der Waals surface area (Å²) in [6, 6.07) is 0. The fraction of sp³-hybridized carbons (Fsp3) is 0.750. The van der Waals surface area contributed by atoms with E-state index in [1.54, 1.807) is 6.92 Å². The lowest BCUT2D eigenvalue weighted by Crippen LogP contribution is -2.29. The molecule has 114 valence electrons. The van der Waals surface area contributed by atoms with Crippen molar-refractivity contribution < 1.29 is 13.2 Å². The number of hydrogen-bond acceptors (Lipinski definition) is 5. The van der Waals surface area contributed by atoms with Crippen molar-refractivity contribution >= 4 is 33.0 Å². The van der Waals surface area contributed by atoms with Crippen LogP contribution < -0.4 is 4.72 Å². The van der Waals surface area contributed by atoms with E-state index >= 15 is 0 Å². The topological polar surface area (TPSA) is 68.3 Å². The quantitative estimate of drug-likeness (QED) is 0.810. The average molecular weight is 339 g/mol. The molecule has 1 aliphatic carbocycles. The second kappa shape index (κ2) is 7.17. The zero-order valence-electron chi connectivity index (χ0n) is 11.4. The second-order valence-corrected chi connectivity index (χ2v) is 8.41. The van der Waals surface area contributed by atoms with Gasteiger partial charge in [0.25, 0.3) is 10.0 Å². The van der Waals surface area contributed by atoms with Crippen molar-refractivity contribution in [3.8, 4) is 0 Å². The number of hydrogen-bond donors (Lipinski definition) is 1. The molecule has 8 heteroatoms. The summed E-state index contributed by atoms with van der Waals surface area (Å²) in [5.41, 5.74) is 0.431. The average Bonchev–Trinajstić information content (AvgIpc) is 2.76. The molecule has 0 aromatic carbocycles. The monoisotopic (exact) mass is 338 g/mol. The van der Waals surface area contributed by atoms with Gasteiger partial charge in [0.15, 0.2) is 8.68 Å². The summed E-state index contributed by atoms with van der Waals surface area (Å²) in [5, 5.41) is 0. The Bertz CT molecular complexity index is 539. The van der Waals surface area contributed by atoms with Gasteiger partial charge < -0.3 is 4.74 Å². The Labute approximate surface area is 128 Å². The van der Waals surface area contributed by atoms with E-state index in [1.165, 1.54) is 19.3 Å². The zero-order valence-corrected chi connectivity index (χ0v) is 13.8. The third kappa shape index (κ3) is 4.39. The van der Waals surface area contributed by atoms with Crippen LogP contribution in [0, 0.1) is 6.92 Å². The SMILES string of the molecule is Cc1nc(Cl)sc1S(=O)(=O)NCCOC1CCCCC1. The van der Waals surface area contributed by atoms with Crippen molar-refractivity contribution in [3.05, 3.63) is 10.2 Å². The van der Waals surface area contributed by atoms with Crippen LogP contribution in [-0.4, -0.2) is 32.7 Å². The Balaban J connectivity index is 1.79. The molecule has 1 fully saturated rings. The van der Waals surface area contributed by atoms with Crippen molar-refractivity contribution in [1.29, 1.82) is 0 Å². The lowest BCUT2D eigenvalue weighted by molar-refractivity contribution is 0.0321. The molecule has 1 heterocycles. The Morgan fingerprint density at radius 1 is 1.40 bits per heavy atom. The minimum absolute atomic E-state index is 0.181. The highest BCUT2D eigenvalue weighted by Gasteiger charge is 2.21. The standard InChI is InChI=1S/C12H19ClN2O3S2/c1-9-11(19-12(13)15-9)20(16,17)14-7-8-18-10-5-3-2-4-6-10/h10,14H,2-8H2,1H3. The maximum Gasteiger partial charge on any atom is 0.252 e. The Morgan fingerprint density at radius 3 is 2.70 bits per heavy atom. The number of halogens is 1. The third-order valence-corrected chi connectivity index (χ3v) is 6.60. The van der Waals surface area contributed by atoms with Gasteiger partial charge in [-0.1, -0.05) is 42.2 Å². The molecule has 2 rings (SSSR count). The van der Waals surface area contributed by atoms with E-state index in [1.807, 2.05) is 0 Å². The van der Waals surface area contributed by atoms with E-state index in [9.17, 15) is 8.42 Å². The molecule has 0 unspecified atom stereocenters. The van der Waals surface area contributed by atoms with E-state index in [0.717, 1.165) is 24.2 Å². The predicted molar refractivity (Wildman–Crippen MR) is 79.9 cm³/mol. The molecule has 1 aliphatic rings. The van der Waals surface area contributed by atoms with Gasteiger partial charge in [-0.2, -0.15) is 0 Å². The summed E-state index contributed by atoms with van der Waals surface area (Å²) in [6.07, 6.45) is 6.13. The molecule has 0 saturated heterocycles. The molecule has 0 atom stereocenters. The second-order valence-electron chi connectivity index (χ2n) is 4.87. The van der Waals surface area contributed by atoms with Crippen LogP contribution in [0.25, 0.3) is 0 Å². The summed E-state index contributed by atoms with van der Waals surface area (Å²) in [5.74, 6) is 0. The fourth-order valence-electron chi connectivity index (χ4n) is 2.30. The van der Waals surface area contributed by atoms with E-state index in [0.29, 0.717) is 12.3 Å². The summed E-state index contributed by atoms with van der Waals surface area (Å²) >= 11 is 6.70. The highest BCUT2D eigenvalue weighted by molar-refractivity contribution is 7.91. The summed E-state index contributed by atoms with van der Waals surface area (Å²) < 4.78 is 32.8. The first-order chi connectivity index (χ1) is 9.49. The molecule has 0 bridgehead atoms. The molecule has 0 radical (unpaired) electrons. The number of thiazole rings is 1. The summed E-state index contributed by atoms with van der Waals surface area (Å²) in [4.78, 5) is 3.91. The number of nitrogens with zero attached hydrogens (tertiary/aromatic N) is 1. The van der Waals surface area contributed by atoms with Gasteiger partial charge in [-0.15, -0.1) is 0 Å². The van der Waals surface area contributed by atoms with E-state index < -0.39 is 10.0 Å². The molecule has 1 N–H and O–H groups in total. The minimum atomic E-state index is -3.53. The van der Waals surface area contributed by atoms with Crippen molar-refractivity contribution in [2.24, 2.45) is 0 Å². The Morgan fingerprint density at radius 2 is 2.10 bits per heavy atom. The number of rotatable bonds is 6. The van der Waals surface area contributed by atoms with Gasteiger partial charge in [0.2, 0.25) is 0 Å². The molecule has 1 saturated carbocycles. The number of aryl methyl sites for hydroxylation is 1. The van der Waals surface area contributed by atoms with E-state index in [-0.39, 0.29) is 21.3 Å². The maximum absolute atomic E-state index is 12.1. The largest absolute Gasteiger partial charge is 0.377 e. The Hall–Kier alpha value is -0.210. The maximum atomic E-state index is 12.1. The van der Waals surface area contributed by atoms with Gasteiger partial charge in [-0.3, -0.25) is 0 Å². The highest BCUT2D eigenvalue weighted by Crippen LogP contribution is 2.26. The van der Waals surface area contributed by atoms with Crippen molar-refractivity contribution in [3.63, 3.8) is 0 Å². The molecule has 0 amide bonds. The van der Waals surface area contributed by atoms with E-state index in [2.05, 4.69) is 9.71 Å². The number of nitrogens with one attached hydrogen (secondary N) is 1. The van der Waals surface area contributed by atoms with Crippen molar-refractivity contribution in [2.75, 3.05) is 13.2 Å². The first-order valence-corrected chi connectivity index (χ1v) is 9.41. The molecule has 5 nitrogen and oxygen atoms in total. The molecule has 0 spiro atoms. The zero-order chi connectivity index (χ0) is 14.6. The molecule has 0 aliphatic heterocycles. The van der Waals surface area contributed by atoms with Crippen LogP contribution >= 0.6 is 22.9 Å². The normalized spacial score (nSPS) is 17.5. The van der Waals surface area contributed by atoms with Crippen LogP contribution in [0.2, 0.25) is 4.47 Å². The predicted octanol–water partition coefficient (Wildman–Crippen LogP) is 2.73. The third-order valence-electron chi connectivity index (χ3n) is 3.27. The minimum Gasteiger partial charge on any atom is -0.377 e. The summed E-state index contributed by atoms with van der Waals surface area (Å²) in [7, 11) is -3.53. The molecule has 20 heavy (non-hydrogen) atoms. The van der Waals surface area contributed by atoms with Crippen LogP contribution in [0.4, 0.5) is 0 Å². The van der Waals surface area contributed by atoms with Crippen LogP contribution in [0.1, 0.15) is 37.8 Å². The van der Waals surface area contributed by atoms with E-state index in [4.69, 9.17) is 16.3 Å². The highest BCUT2D eigenvalue weighted by atomic mass is 35.5. The Kier molecular flexibility index (Phi) is 5.80. The molecule has 1 aromatic rings. The number of aromatic nitrogens is 1. The van der Waals surface area contributed by atoms with Crippen LogP contribution in [0.3, 0.4) is 0 Å². The molecular formula is C12H19ClN2O3S2. The number of sulfonamides is 1. The van der Waals surface area contributed by atoms with Gasteiger partial charge >= 0.3 is 0 Å². The van der Waals surface area contributed by atoms with Gasteiger partial charge in [0.1, 0.15) is 0 Å². The lowest BCUT2D eigenvalue weighted by Gasteiger charge is -2.21.